The zero-order valence-electron chi connectivity index (χ0n) is 14.0. The monoisotopic (exact) mass is 342 g/mol. The fourth-order valence-electron chi connectivity index (χ4n) is 2.69. The van der Waals surface area contributed by atoms with Crippen LogP contribution in [0.5, 0.6) is 5.75 Å². The molecule has 23 heavy (non-hydrogen) atoms. The van der Waals surface area contributed by atoms with Crippen molar-refractivity contribution in [3.05, 3.63) is 28.5 Å². The van der Waals surface area contributed by atoms with Gasteiger partial charge in [-0.25, -0.2) is 9.18 Å². The van der Waals surface area contributed by atoms with Crippen LogP contribution in [0.4, 0.5) is 4.39 Å². The Morgan fingerprint density at radius 2 is 1.91 bits per heavy atom. The van der Waals surface area contributed by atoms with Gasteiger partial charge in [-0.15, -0.1) is 0 Å². The van der Waals surface area contributed by atoms with Crippen molar-refractivity contribution >= 4 is 17.6 Å². The molecule has 0 heterocycles. The first-order valence-electron chi connectivity index (χ1n) is 8.11. The highest BCUT2D eigenvalue weighted by Gasteiger charge is 2.23. The topological polar surface area (TPSA) is 35.5 Å². The van der Waals surface area contributed by atoms with Gasteiger partial charge < -0.3 is 9.47 Å². The van der Waals surface area contributed by atoms with E-state index in [1.54, 1.807) is 20.8 Å². The zero-order chi connectivity index (χ0) is 17.0. The van der Waals surface area contributed by atoms with Crippen LogP contribution in [0, 0.1) is 11.7 Å². The summed E-state index contributed by atoms with van der Waals surface area (Å²) in [5, 5.41) is 0.225. The molecule has 1 fully saturated rings. The highest BCUT2D eigenvalue weighted by molar-refractivity contribution is 6.32. The van der Waals surface area contributed by atoms with Crippen LogP contribution < -0.4 is 4.74 Å². The Hall–Kier alpha value is -1.29. The van der Waals surface area contributed by atoms with E-state index in [9.17, 15) is 9.18 Å². The number of rotatable bonds is 4. The van der Waals surface area contributed by atoms with E-state index < -0.39 is 17.4 Å². The Morgan fingerprint density at radius 3 is 2.52 bits per heavy atom. The number of hydrogen-bond acceptors (Lipinski definition) is 3. The van der Waals surface area contributed by atoms with E-state index >= 15 is 0 Å². The van der Waals surface area contributed by atoms with Crippen LogP contribution in [0.2, 0.25) is 5.02 Å². The van der Waals surface area contributed by atoms with Crippen molar-refractivity contribution < 1.29 is 18.7 Å². The first-order valence-corrected chi connectivity index (χ1v) is 8.49. The van der Waals surface area contributed by atoms with Crippen LogP contribution in [0.1, 0.15) is 63.2 Å². The second kappa shape index (κ2) is 7.52. The van der Waals surface area contributed by atoms with Crippen LogP contribution >= 0.6 is 11.6 Å². The van der Waals surface area contributed by atoms with Gasteiger partial charge >= 0.3 is 5.97 Å². The molecule has 1 aliphatic rings. The van der Waals surface area contributed by atoms with E-state index in [0.717, 1.165) is 12.8 Å². The lowest BCUT2D eigenvalue weighted by atomic mass is 9.90. The van der Waals surface area contributed by atoms with Gasteiger partial charge in [0.15, 0.2) is 0 Å². The van der Waals surface area contributed by atoms with E-state index in [0.29, 0.717) is 12.5 Å². The minimum Gasteiger partial charge on any atom is -0.492 e. The second-order valence-electron chi connectivity index (χ2n) is 7.08. The van der Waals surface area contributed by atoms with Crippen molar-refractivity contribution in [3.8, 4) is 5.75 Å². The molecule has 0 saturated heterocycles. The van der Waals surface area contributed by atoms with E-state index in [1.165, 1.54) is 31.4 Å². The molecule has 0 atom stereocenters. The predicted molar refractivity (Wildman–Crippen MR) is 88.6 cm³/mol. The van der Waals surface area contributed by atoms with Gasteiger partial charge in [0.1, 0.15) is 17.2 Å². The molecule has 1 aromatic rings. The molecule has 0 bridgehead atoms. The number of carbonyl (C=O) groups excluding carboxylic acids is 1. The molecule has 2 rings (SSSR count). The number of ether oxygens (including phenoxy) is 2. The predicted octanol–water partition coefficient (Wildman–Crippen LogP) is 5.39. The molecule has 0 unspecified atom stereocenters. The maximum absolute atomic E-state index is 14.2. The average Bonchev–Trinajstić information content (AvgIpc) is 2.47. The summed E-state index contributed by atoms with van der Waals surface area (Å²) in [5.74, 6) is -0.631. The maximum atomic E-state index is 14.2. The van der Waals surface area contributed by atoms with Crippen molar-refractivity contribution in [1.82, 2.24) is 0 Å². The molecule has 128 valence electrons. The van der Waals surface area contributed by atoms with E-state index in [2.05, 4.69) is 0 Å². The molecule has 0 radical (unpaired) electrons. The van der Waals surface area contributed by atoms with Crippen molar-refractivity contribution in [3.63, 3.8) is 0 Å². The molecule has 1 saturated carbocycles. The molecular formula is C18H24ClFO3. The van der Waals surface area contributed by atoms with E-state index in [-0.39, 0.29) is 16.3 Å². The summed E-state index contributed by atoms with van der Waals surface area (Å²) in [4.78, 5) is 12.0. The quantitative estimate of drug-likeness (QED) is 0.688. The summed E-state index contributed by atoms with van der Waals surface area (Å²) in [6, 6.07) is 2.45. The Morgan fingerprint density at radius 1 is 1.26 bits per heavy atom. The normalized spacial score (nSPS) is 16.2. The van der Waals surface area contributed by atoms with Gasteiger partial charge in [0.05, 0.1) is 17.2 Å². The Labute approximate surface area is 142 Å². The van der Waals surface area contributed by atoms with Crippen LogP contribution in [0.25, 0.3) is 0 Å². The molecular weight excluding hydrogens is 319 g/mol. The SMILES string of the molecule is CC(C)(C)OC(=O)c1cc(Cl)c(OCC2CCCCC2)cc1F. The molecule has 0 N–H and O–H groups in total. The highest BCUT2D eigenvalue weighted by atomic mass is 35.5. The van der Waals surface area contributed by atoms with Gasteiger partial charge in [0.2, 0.25) is 0 Å². The first kappa shape index (κ1) is 18.1. The van der Waals surface area contributed by atoms with E-state index in [1.807, 2.05) is 0 Å². The third-order valence-electron chi connectivity index (χ3n) is 3.84. The molecule has 0 aliphatic heterocycles. The molecule has 1 aliphatic carbocycles. The molecule has 1 aromatic carbocycles. The number of benzene rings is 1. The fraction of sp³-hybridized carbons (Fsp3) is 0.611. The van der Waals surface area contributed by atoms with Crippen molar-refractivity contribution in [1.29, 1.82) is 0 Å². The Balaban J connectivity index is 2.05. The van der Waals surface area contributed by atoms with E-state index in [4.69, 9.17) is 21.1 Å². The first-order chi connectivity index (χ1) is 10.8. The van der Waals surface area contributed by atoms with Gasteiger partial charge in [-0.2, -0.15) is 0 Å². The lowest BCUT2D eigenvalue weighted by Gasteiger charge is -2.22. The maximum Gasteiger partial charge on any atom is 0.341 e. The fourth-order valence-corrected chi connectivity index (χ4v) is 2.91. The molecule has 0 aromatic heterocycles. The molecule has 5 heteroatoms. The summed E-state index contributed by atoms with van der Waals surface area (Å²) in [5.41, 5.74) is -0.860. The zero-order valence-corrected chi connectivity index (χ0v) is 14.7. The van der Waals surface area contributed by atoms with Gasteiger partial charge in [-0.3, -0.25) is 0 Å². The molecule has 0 amide bonds. The van der Waals surface area contributed by atoms with Crippen molar-refractivity contribution in [2.24, 2.45) is 5.92 Å². The Bertz CT molecular complexity index is 560. The number of esters is 1. The van der Waals surface area contributed by atoms with Crippen molar-refractivity contribution in [2.75, 3.05) is 6.61 Å². The van der Waals surface area contributed by atoms with Gasteiger partial charge in [-0.05, 0) is 45.6 Å². The Kier molecular flexibility index (Phi) is 5.90. The molecule has 3 nitrogen and oxygen atoms in total. The lowest BCUT2D eigenvalue weighted by molar-refractivity contribution is 0.00646. The number of carbonyl (C=O) groups is 1. The standard InChI is InChI=1S/C18H24ClFO3/c1-18(2,3)23-17(21)13-9-14(19)16(10-15(13)20)22-11-12-7-5-4-6-8-12/h9-10,12H,4-8,11H2,1-3H3. The summed E-state index contributed by atoms with van der Waals surface area (Å²) >= 11 is 6.13. The average molecular weight is 343 g/mol. The number of hydrogen-bond donors (Lipinski definition) is 0. The summed E-state index contributed by atoms with van der Waals surface area (Å²) in [6.07, 6.45) is 5.98. The minimum atomic E-state index is -0.726. The summed E-state index contributed by atoms with van der Waals surface area (Å²) < 4.78 is 25.0. The highest BCUT2D eigenvalue weighted by Crippen LogP contribution is 2.31. The van der Waals surface area contributed by atoms with Crippen LogP contribution in [0.3, 0.4) is 0 Å². The third-order valence-corrected chi connectivity index (χ3v) is 4.14. The number of halogens is 2. The van der Waals surface area contributed by atoms with Crippen LogP contribution in [0.15, 0.2) is 12.1 Å². The summed E-state index contributed by atoms with van der Waals surface area (Å²) in [7, 11) is 0. The third kappa shape index (κ3) is 5.38. The summed E-state index contributed by atoms with van der Waals surface area (Å²) in [6.45, 7) is 5.72. The van der Waals surface area contributed by atoms with Crippen LogP contribution in [-0.4, -0.2) is 18.2 Å². The van der Waals surface area contributed by atoms with Gasteiger partial charge in [0.25, 0.3) is 0 Å². The van der Waals surface area contributed by atoms with Crippen LogP contribution in [-0.2, 0) is 4.74 Å². The van der Waals surface area contributed by atoms with Gasteiger partial charge in [-0.1, -0.05) is 30.9 Å². The lowest BCUT2D eigenvalue weighted by Crippen LogP contribution is -2.24. The smallest absolute Gasteiger partial charge is 0.341 e. The molecule has 0 spiro atoms. The van der Waals surface area contributed by atoms with Gasteiger partial charge in [0, 0.05) is 6.07 Å². The largest absolute Gasteiger partial charge is 0.492 e. The minimum absolute atomic E-state index is 0.171. The van der Waals surface area contributed by atoms with Crippen molar-refractivity contribution in [2.45, 2.75) is 58.5 Å². The second-order valence-corrected chi connectivity index (χ2v) is 7.49.